The molecule has 2 aromatic rings. The summed E-state index contributed by atoms with van der Waals surface area (Å²) in [5, 5.41) is 0. The predicted octanol–water partition coefficient (Wildman–Crippen LogP) is 2.27. The maximum Gasteiger partial charge on any atom is 0.255 e. The summed E-state index contributed by atoms with van der Waals surface area (Å²) in [7, 11) is 1.96. The molecule has 5 heteroatoms. The normalized spacial score (nSPS) is 17.3. The highest BCUT2D eigenvalue weighted by Crippen LogP contribution is 2.22. The molecule has 120 valence electrons. The van der Waals surface area contributed by atoms with E-state index in [2.05, 4.69) is 4.98 Å². The predicted molar refractivity (Wildman–Crippen MR) is 91.8 cm³/mol. The lowest BCUT2D eigenvalue weighted by Gasteiger charge is -2.19. The first kappa shape index (κ1) is 15.5. The number of carbonyl (C=O) groups excluding carboxylic acids is 1. The van der Waals surface area contributed by atoms with Crippen LogP contribution in [0, 0.1) is 5.92 Å². The van der Waals surface area contributed by atoms with Crippen molar-refractivity contribution in [3.8, 4) is 0 Å². The van der Waals surface area contributed by atoms with Crippen LogP contribution in [-0.4, -0.2) is 42.5 Å². The van der Waals surface area contributed by atoms with E-state index < -0.39 is 0 Å². The van der Waals surface area contributed by atoms with Gasteiger partial charge in [0.2, 0.25) is 0 Å². The largest absolute Gasteiger partial charge is 0.338 e. The molecule has 1 amide bonds. The van der Waals surface area contributed by atoms with Crippen LogP contribution in [0.25, 0.3) is 0 Å². The van der Waals surface area contributed by atoms with Crippen LogP contribution in [0.2, 0.25) is 0 Å². The standard InChI is InChI=1S/C18H22N4O/c1-21(16-5-3-2-4-6-16)17-8-7-15(12-20-17)18(23)22-10-9-14(11-19)13-22/h2-8,12,14H,9-11,13,19H2,1H3/t14-/m0/s1. The molecule has 1 saturated heterocycles. The average Bonchev–Trinajstić information content (AvgIpc) is 3.10. The zero-order valence-corrected chi connectivity index (χ0v) is 13.4. The van der Waals surface area contributed by atoms with E-state index in [-0.39, 0.29) is 5.91 Å². The van der Waals surface area contributed by atoms with E-state index in [0.29, 0.717) is 18.0 Å². The lowest BCUT2D eigenvalue weighted by Crippen LogP contribution is -2.30. The summed E-state index contributed by atoms with van der Waals surface area (Å²) in [4.78, 5) is 20.8. The SMILES string of the molecule is CN(c1ccccc1)c1ccc(C(=O)N2CC[C@@H](CN)C2)cn1. The number of pyridine rings is 1. The molecular formula is C18H22N4O. The Morgan fingerprint density at radius 3 is 2.70 bits per heavy atom. The van der Waals surface area contributed by atoms with Gasteiger partial charge in [-0.1, -0.05) is 18.2 Å². The Kier molecular flexibility index (Phi) is 4.57. The maximum absolute atomic E-state index is 12.5. The first-order chi connectivity index (χ1) is 11.2. The van der Waals surface area contributed by atoms with E-state index >= 15 is 0 Å². The Morgan fingerprint density at radius 2 is 2.09 bits per heavy atom. The minimum absolute atomic E-state index is 0.0439. The summed E-state index contributed by atoms with van der Waals surface area (Å²) in [6.07, 6.45) is 2.65. The van der Waals surface area contributed by atoms with Crippen molar-refractivity contribution in [1.82, 2.24) is 9.88 Å². The van der Waals surface area contributed by atoms with Crippen molar-refractivity contribution >= 4 is 17.4 Å². The van der Waals surface area contributed by atoms with Crippen LogP contribution in [0.3, 0.4) is 0 Å². The summed E-state index contributed by atoms with van der Waals surface area (Å²) < 4.78 is 0. The molecule has 3 rings (SSSR count). The number of rotatable bonds is 4. The molecule has 23 heavy (non-hydrogen) atoms. The maximum atomic E-state index is 12.5. The number of nitrogens with zero attached hydrogens (tertiary/aromatic N) is 3. The van der Waals surface area contributed by atoms with Gasteiger partial charge in [-0.15, -0.1) is 0 Å². The average molecular weight is 310 g/mol. The number of nitrogens with two attached hydrogens (primary N) is 1. The zero-order chi connectivity index (χ0) is 16.2. The number of amides is 1. The molecule has 1 atom stereocenters. The monoisotopic (exact) mass is 310 g/mol. The summed E-state index contributed by atoms with van der Waals surface area (Å²) in [6, 6.07) is 13.7. The highest BCUT2D eigenvalue weighted by molar-refractivity contribution is 5.94. The fourth-order valence-corrected chi connectivity index (χ4v) is 2.89. The Morgan fingerprint density at radius 1 is 1.30 bits per heavy atom. The van der Waals surface area contributed by atoms with Crippen LogP contribution in [0.4, 0.5) is 11.5 Å². The number of aromatic nitrogens is 1. The lowest BCUT2D eigenvalue weighted by atomic mass is 10.1. The minimum Gasteiger partial charge on any atom is -0.338 e. The molecule has 2 N–H and O–H groups in total. The third-order valence-corrected chi connectivity index (χ3v) is 4.39. The number of hydrogen-bond donors (Lipinski definition) is 1. The molecule has 0 radical (unpaired) electrons. The second-order valence-electron chi connectivity index (χ2n) is 5.94. The van der Waals surface area contributed by atoms with E-state index in [9.17, 15) is 4.79 Å². The molecule has 1 aromatic carbocycles. The first-order valence-corrected chi connectivity index (χ1v) is 7.93. The molecule has 0 bridgehead atoms. The highest BCUT2D eigenvalue weighted by Gasteiger charge is 2.26. The fraction of sp³-hybridized carbons (Fsp3) is 0.333. The first-order valence-electron chi connectivity index (χ1n) is 7.93. The third-order valence-electron chi connectivity index (χ3n) is 4.39. The van der Waals surface area contributed by atoms with Gasteiger partial charge in [-0.2, -0.15) is 0 Å². The van der Waals surface area contributed by atoms with Crippen molar-refractivity contribution in [2.75, 3.05) is 31.6 Å². The number of carbonyl (C=O) groups is 1. The number of hydrogen-bond acceptors (Lipinski definition) is 4. The molecule has 0 saturated carbocycles. The van der Waals surface area contributed by atoms with E-state index in [1.165, 1.54) is 0 Å². The molecule has 1 aromatic heterocycles. The smallest absolute Gasteiger partial charge is 0.255 e. The number of benzene rings is 1. The van der Waals surface area contributed by atoms with Crippen LogP contribution in [0.1, 0.15) is 16.8 Å². The minimum atomic E-state index is 0.0439. The van der Waals surface area contributed by atoms with Crippen LogP contribution < -0.4 is 10.6 Å². The van der Waals surface area contributed by atoms with Crippen LogP contribution in [0.15, 0.2) is 48.7 Å². The molecule has 0 aliphatic carbocycles. The fourth-order valence-electron chi connectivity index (χ4n) is 2.89. The van der Waals surface area contributed by atoms with Crippen molar-refractivity contribution in [2.45, 2.75) is 6.42 Å². The van der Waals surface area contributed by atoms with Gasteiger partial charge in [-0.25, -0.2) is 4.98 Å². The van der Waals surface area contributed by atoms with Gasteiger partial charge in [-0.05, 0) is 43.1 Å². The van der Waals surface area contributed by atoms with Crippen LogP contribution in [-0.2, 0) is 0 Å². The summed E-state index contributed by atoms with van der Waals surface area (Å²) in [5.41, 5.74) is 7.38. The van der Waals surface area contributed by atoms with Crippen molar-refractivity contribution in [3.05, 3.63) is 54.2 Å². The molecule has 1 aliphatic rings. The molecule has 0 unspecified atom stereocenters. The Balaban J connectivity index is 1.71. The summed E-state index contributed by atoms with van der Waals surface area (Å²) >= 11 is 0. The van der Waals surface area contributed by atoms with E-state index in [4.69, 9.17) is 5.73 Å². The molecule has 5 nitrogen and oxygen atoms in total. The number of para-hydroxylation sites is 1. The van der Waals surface area contributed by atoms with E-state index in [1.807, 2.05) is 59.3 Å². The summed E-state index contributed by atoms with van der Waals surface area (Å²) in [5.74, 6) is 1.28. The van der Waals surface area contributed by atoms with Gasteiger partial charge in [0.25, 0.3) is 5.91 Å². The molecule has 1 aliphatic heterocycles. The van der Waals surface area contributed by atoms with Crippen molar-refractivity contribution < 1.29 is 4.79 Å². The van der Waals surface area contributed by atoms with Crippen molar-refractivity contribution in [2.24, 2.45) is 11.7 Å². The Labute approximate surface area is 136 Å². The Bertz CT molecular complexity index is 656. The van der Waals surface area contributed by atoms with Gasteiger partial charge in [-0.3, -0.25) is 4.79 Å². The summed E-state index contributed by atoms with van der Waals surface area (Å²) in [6.45, 7) is 2.18. The Hall–Kier alpha value is -2.40. The second-order valence-corrected chi connectivity index (χ2v) is 5.94. The van der Waals surface area contributed by atoms with Gasteiger partial charge in [0.15, 0.2) is 0 Å². The molecule has 2 heterocycles. The van der Waals surface area contributed by atoms with Crippen molar-refractivity contribution in [1.29, 1.82) is 0 Å². The number of anilines is 2. The molecule has 1 fully saturated rings. The van der Waals surface area contributed by atoms with Gasteiger partial charge >= 0.3 is 0 Å². The van der Waals surface area contributed by atoms with Crippen LogP contribution in [0.5, 0.6) is 0 Å². The van der Waals surface area contributed by atoms with Gasteiger partial charge in [0, 0.05) is 32.0 Å². The van der Waals surface area contributed by atoms with Crippen LogP contribution >= 0.6 is 0 Å². The third kappa shape index (κ3) is 3.35. The number of likely N-dealkylation sites (tertiary alicyclic amines) is 1. The van der Waals surface area contributed by atoms with Gasteiger partial charge < -0.3 is 15.5 Å². The van der Waals surface area contributed by atoms with Crippen molar-refractivity contribution in [3.63, 3.8) is 0 Å². The van der Waals surface area contributed by atoms with E-state index in [0.717, 1.165) is 31.0 Å². The topological polar surface area (TPSA) is 62.5 Å². The second kappa shape index (κ2) is 6.79. The van der Waals surface area contributed by atoms with Gasteiger partial charge in [0.1, 0.15) is 5.82 Å². The van der Waals surface area contributed by atoms with E-state index in [1.54, 1.807) is 6.20 Å². The zero-order valence-electron chi connectivity index (χ0n) is 13.4. The quantitative estimate of drug-likeness (QED) is 0.941. The van der Waals surface area contributed by atoms with Gasteiger partial charge in [0.05, 0.1) is 5.56 Å². The lowest BCUT2D eigenvalue weighted by molar-refractivity contribution is 0.0787. The molecule has 0 spiro atoms. The molecular weight excluding hydrogens is 288 g/mol. The highest BCUT2D eigenvalue weighted by atomic mass is 16.2.